The number of rotatable bonds is 2. The van der Waals surface area contributed by atoms with Crippen molar-refractivity contribution in [2.45, 2.75) is 6.92 Å². The largest absolute Gasteiger partial charge is 0.409 e. The zero-order chi connectivity index (χ0) is 13.1. The first-order chi connectivity index (χ1) is 8.63. The summed E-state index contributed by atoms with van der Waals surface area (Å²) in [6, 6.07) is 1.87. The molecule has 0 radical (unpaired) electrons. The zero-order valence-corrected chi connectivity index (χ0v) is 10.8. The summed E-state index contributed by atoms with van der Waals surface area (Å²) in [5.74, 6) is 0.924. The van der Waals surface area contributed by atoms with Crippen LogP contribution in [-0.2, 0) is 0 Å². The fourth-order valence-corrected chi connectivity index (χ4v) is 2.17. The number of oxime groups is 1. The molecule has 1 aliphatic heterocycles. The Morgan fingerprint density at radius 3 is 2.67 bits per heavy atom. The number of piperazine rings is 1. The van der Waals surface area contributed by atoms with E-state index in [0.29, 0.717) is 0 Å². The Labute approximate surface area is 107 Å². The number of aryl methyl sites for hydroxylation is 1. The SMILES string of the molecule is Cc1ccnc(N2CCN(C)CC2)c1/C(N)=N/O. The molecule has 2 heterocycles. The average Bonchev–Trinajstić information content (AvgIpc) is 2.38. The number of nitrogens with zero attached hydrogens (tertiary/aromatic N) is 4. The van der Waals surface area contributed by atoms with E-state index in [1.807, 2.05) is 13.0 Å². The number of hydrogen-bond acceptors (Lipinski definition) is 5. The molecule has 6 heteroatoms. The first-order valence-corrected chi connectivity index (χ1v) is 6.00. The number of aromatic nitrogens is 1. The van der Waals surface area contributed by atoms with E-state index in [1.54, 1.807) is 6.20 Å². The van der Waals surface area contributed by atoms with Gasteiger partial charge in [0.05, 0.1) is 5.56 Å². The molecular formula is C12H19N5O. The molecule has 1 fully saturated rings. The molecule has 6 nitrogen and oxygen atoms in total. The summed E-state index contributed by atoms with van der Waals surface area (Å²) in [5, 5.41) is 12.0. The van der Waals surface area contributed by atoms with Gasteiger partial charge in [-0.25, -0.2) is 4.98 Å². The summed E-state index contributed by atoms with van der Waals surface area (Å²) >= 11 is 0. The van der Waals surface area contributed by atoms with Crippen LogP contribution in [0.2, 0.25) is 0 Å². The summed E-state index contributed by atoms with van der Waals surface area (Å²) in [7, 11) is 2.10. The van der Waals surface area contributed by atoms with Crippen molar-refractivity contribution in [3.8, 4) is 0 Å². The van der Waals surface area contributed by atoms with Gasteiger partial charge in [0.1, 0.15) is 5.82 Å². The van der Waals surface area contributed by atoms with E-state index >= 15 is 0 Å². The average molecular weight is 249 g/mol. The van der Waals surface area contributed by atoms with Crippen molar-refractivity contribution in [2.24, 2.45) is 10.9 Å². The second kappa shape index (κ2) is 5.22. The molecule has 18 heavy (non-hydrogen) atoms. The Balaban J connectivity index is 2.35. The number of hydrogen-bond donors (Lipinski definition) is 2. The van der Waals surface area contributed by atoms with Crippen LogP contribution >= 0.6 is 0 Å². The van der Waals surface area contributed by atoms with Crippen LogP contribution in [-0.4, -0.2) is 54.2 Å². The Kier molecular flexibility index (Phi) is 3.66. The highest BCUT2D eigenvalue weighted by Gasteiger charge is 2.20. The number of nitrogens with two attached hydrogens (primary N) is 1. The molecule has 1 aliphatic rings. The van der Waals surface area contributed by atoms with Crippen LogP contribution in [0, 0.1) is 6.92 Å². The van der Waals surface area contributed by atoms with Crippen LogP contribution in [0.3, 0.4) is 0 Å². The number of amidine groups is 1. The van der Waals surface area contributed by atoms with Crippen molar-refractivity contribution in [3.63, 3.8) is 0 Å². The third-order valence-electron chi connectivity index (χ3n) is 3.31. The summed E-state index contributed by atoms with van der Waals surface area (Å²) in [4.78, 5) is 8.85. The number of likely N-dealkylation sites (N-methyl/N-ethyl adjacent to an activating group) is 1. The monoisotopic (exact) mass is 249 g/mol. The van der Waals surface area contributed by atoms with Gasteiger partial charge in [-0.1, -0.05) is 5.16 Å². The van der Waals surface area contributed by atoms with E-state index in [-0.39, 0.29) is 5.84 Å². The molecule has 2 rings (SSSR count). The molecule has 3 N–H and O–H groups in total. The molecule has 0 aromatic carbocycles. The standard InChI is InChI=1S/C12H19N5O/c1-9-3-4-14-12(10(9)11(13)15-18)17-7-5-16(2)6-8-17/h3-4,18H,5-8H2,1-2H3,(H2,13,15). The van der Waals surface area contributed by atoms with Crippen LogP contribution in [0.4, 0.5) is 5.82 Å². The summed E-state index contributed by atoms with van der Waals surface area (Å²) in [5.41, 5.74) is 7.45. The maximum Gasteiger partial charge on any atom is 0.174 e. The van der Waals surface area contributed by atoms with E-state index in [0.717, 1.165) is 43.1 Å². The van der Waals surface area contributed by atoms with Crippen LogP contribution in [0.25, 0.3) is 0 Å². The van der Waals surface area contributed by atoms with E-state index in [2.05, 4.69) is 27.0 Å². The minimum atomic E-state index is 0.120. The second-order valence-corrected chi connectivity index (χ2v) is 4.60. The van der Waals surface area contributed by atoms with Crippen LogP contribution in [0.1, 0.15) is 11.1 Å². The Morgan fingerprint density at radius 1 is 1.39 bits per heavy atom. The molecule has 0 amide bonds. The van der Waals surface area contributed by atoms with Gasteiger partial charge in [-0.2, -0.15) is 0 Å². The normalized spacial score (nSPS) is 18.1. The van der Waals surface area contributed by atoms with Crippen molar-refractivity contribution in [1.29, 1.82) is 0 Å². The topological polar surface area (TPSA) is 78.0 Å². The number of pyridine rings is 1. The molecular weight excluding hydrogens is 230 g/mol. The van der Waals surface area contributed by atoms with Crippen LogP contribution in [0.5, 0.6) is 0 Å². The van der Waals surface area contributed by atoms with Gasteiger partial charge in [0.2, 0.25) is 0 Å². The summed E-state index contributed by atoms with van der Waals surface area (Å²) < 4.78 is 0. The van der Waals surface area contributed by atoms with Gasteiger partial charge in [-0.05, 0) is 25.6 Å². The van der Waals surface area contributed by atoms with Crippen molar-refractivity contribution in [1.82, 2.24) is 9.88 Å². The van der Waals surface area contributed by atoms with Gasteiger partial charge in [-0.3, -0.25) is 0 Å². The van der Waals surface area contributed by atoms with Crippen molar-refractivity contribution in [2.75, 3.05) is 38.1 Å². The van der Waals surface area contributed by atoms with Gasteiger partial charge in [0, 0.05) is 32.4 Å². The number of anilines is 1. The van der Waals surface area contributed by atoms with E-state index < -0.39 is 0 Å². The molecule has 1 aromatic heterocycles. The van der Waals surface area contributed by atoms with Crippen molar-refractivity contribution in [3.05, 3.63) is 23.4 Å². The van der Waals surface area contributed by atoms with Crippen LogP contribution in [0.15, 0.2) is 17.4 Å². The highest BCUT2D eigenvalue weighted by molar-refractivity contribution is 6.02. The maximum absolute atomic E-state index is 8.89. The lowest BCUT2D eigenvalue weighted by atomic mass is 10.1. The lowest BCUT2D eigenvalue weighted by molar-refractivity contribution is 0.311. The predicted molar refractivity (Wildman–Crippen MR) is 71.2 cm³/mol. The lowest BCUT2D eigenvalue weighted by Crippen LogP contribution is -2.45. The Hall–Kier alpha value is -1.82. The second-order valence-electron chi connectivity index (χ2n) is 4.60. The molecule has 0 unspecified atom stereocenters. The summed E-state index contributed by atoms with van der Waals surface area (Å²) in [6.45, 7) is 5.72. The summed E-state index contributed by atoms with van der Waals surface area (Å²) in [6.07, 6.45) is 1.76. The van der Waals surface area contributed by atoms with Gasteiger partial charge >= 0.3 is 0 Å². The predicted octanol–water partition coefficient (Wildman–Crippen LogP) is 0.236. The van der Waals surface area contributed by atoms with Crippen LogP contribution < -0.4 is 10.6 Å². The Morgan fingerprint density at radius 2 is 2.06 bits per heavy atom. The van der Waals surface area contributed by atoms with Gasteiger partial charge < -0.3 is 20.7 Å². The van der Waals surface area contributed by atoms with E-state index in [1.165, 1.54) is 0 Å². The molecule has 0 bridgehead atoms. The van der Waals surface area contributed by atoms with Gasteiger partial charge in [0.15, 0.2) is 5.84 Å². The Bertz CT molecular complexity index is 452. The molecule has 0 saturated carbocycles. The maximum atomic E-state index is 8.89. The molecule has 0 atom stereocenters. The minimum absolute atomic E-state index is 0.120. The molecule has 98 valence electrons. The van der Waals surface area contributed by atoms with Crippen molar-refractivity contribution >= 4 is 11.7 Å². The van der Waals surface area contributed by atoms with Gasteiger partial charge in [0.25, 0.3) is 0 Å². The molecule has 1 saturated heterocycles. The van der Waals surface area contributed by atoms with Gasteiger partial charge in [-0.15, -0.1) is 0 Å². The fraction of sp³-hybridized carbons (Fsp3) is 0.500. The first-order valence-electron chi connectivity index (χ1n) is 6.00. The van der Waals surface area contributed by atoms with E-state index in [4.69, 9.17) is 10.9 Å². The highest BCUT2D eigenvalue weighted by Crippen LogP contribution is 2.21. The van der Waals surface area contributed by atoms with E-state index in [9.17, 15) is 0 Å². The highest BCUT2D eigenvalue weighted by atomic mass is 16.4. The minimum Gasteiger partial charge on any atom is -0.409 e. The van der Waals surface area contributed by atoms with Crippen molar-refractivity contribution < 1.29 is 5.21 Å². The third kappa shape index (κ3) is 2.38. The molecule has 0 spiro atoms. The smallest absolute Gasteiger partial charge is 0.174 e. The zero-order valence-electron chi connectivity index (χ0n) is 10.8. The quantitative estimate of drug-likeness (QED) is 0.340. The molecule has 0 aliphatic carbocycles. The molecule has 1 aromatic rings. The lowest BCUT2D eigenvalue weighted by Gasteiger charge is -2.34. The fourth-order valence-electron chi connectivity index (χ4n) is 2.17. The first kappa shape index (κ1) is 12.6. The third-order valence-corrected chi connectivity index (χ3v) is 3.31.